The van der Waals surface area contributed by atoms with E-state index < -0.39 is 12.6 Å². The standard InChI is InChI=1S/C14H18F3NO/c1-18-11(6-4-8-14(15,16)17)13-9-10-5-2-3-7-12(10)19-13/h2-3,5,7,11,13,18H,4,6,8-9H2,1H3. The fraction of sp³-hybridized carbons (Fsp3) is 0.571. The molecule has 0 bridgehead atoms. The zero-order valence-corrected chi connectivity index (χ0v) is 10.8. The molecule has 0 fully saturated rings. The Kier molecular flexibility index (Phi) is 4.34. The second-order valence-electron chi connectivity index (χ2n) is 4.87. The van der Waals surface area contributed by atoms with Crippen molar-refractivity contribution in [3.8, 4) is 5.75 Å². The maximum Gasteiger partial charge on any atom is 0.389 e. The quantitative estimate of drug-likeness (QED) is 0.888. The molecule has 0 saturated heterocycles. The summed E-state index contributed by atoms with van der Waals surface area (Å²) in [6.07, 6.45) is -3.52. The third kappa shape index (κ3) is 3.86. The Morgan fingerprint density at radius 2 is 2.11 bits per heavy atom. The Hall–Kier alpha value is -1.23. The molecule has 0 aliphatic carbocycles. The molecule has 2 nitrogen and oxygen atoms in total. The highest BCUT2D eigenvalue weighted by Gasteiger charge is 2.31. The number of hydrogen-bond acceptors (Lipinski definition) is 2. The van der Waals surface area contributed by atoms with Crippen molar-refractivity contribution in [2.24, 2.45) is 0 Å². The highest BCUT2D eigenvalue weighted by Crippen LogP contribution is 2.31. The van der Waals surface area contributed by atoms with Gasteiger partial charge in [0.05, 0.1) is 0 Å². The van der Waals surface area contributed by atoms with Crippen molar-refractivity contribution < 1.29 is 17.9 Å². The van der Waals surface area contributed by atoms with E-state index >= 15 is 0 Å². The number of ether oxygens (including phenoxy) is 1. The van der Waals surface area contributed by atoms with E-state index in [-0.39, 0.29) is 18.6 Å². The lowest BCUT2D eigenvalue weighted by Crippen LogP contribution is -2.40. The first kappa shape index (κ1) is 14.2. The predicted octanol–water partition coefficient (Wildman–Crippen LogP) is 3.31. The van der Waals surface area contributed by atoms with Gasteiger partial charge in [0.15, 0.2) is 0 Å². The minimum atomic E-state index is -4.07. The van der Waals surface area contributed by atoms with Gasteiger partial charge in [0.2, 0.25) is 0 Å². The van der Waals surface area contributed by atoms with Crippen LogP contribution in [0.3, 0.4) is 0 Å². The number of rotatable bonds is 5. The second kappa shape index (κ2) is 5.82. The molecule has 2 rings (SSSR count). The van der Waals surface area contributed by atoms with Crippen molar-refractivity contribution in [1.29, 1.82) is 0 Å². The van der Waals surface area contributed by atoms with Crippen molar-refractivity contribution in [3.63, 3.8) is 0 Å². The van der Waals surface area contributed by atoms with E-state index in [9.17, 15) is 13.2 Å². The SMILES string of the molecule is CNC(CCCC(F)(F)F)C1Cc2ccccc2O1. The summed E-state index contributed by atoms with van der Waals surface area (Å²) in [7, 11) is 1.77. The molecule has 2 unspecified atom stereocenters. The van der Waals surface area contributed by atoms with E-state index in [1.165, 1.54) is 0 Å². The zero-order valence-electron chi connectivity index (χ0n) is 10.8. The fourth-order valence-electron chi connectivity index (χ4n) is 2.47. The van der Waals surface area contributed by atoms with Crippen molar-refractivity contribution in [3.05, 3.63) is 29.8 Å². The molecule has 106 valence electrons. The van der Waals surface area contributed by atoms with Crippen LogP contribution in [0.15, 0.2) is 24.3 Å². The first-order chi connectivity index (χ1) is 8.99. The molecule has 1 aromatic rings. The molecule has 0 amide bonds. The van der Waals surface area contributed by atoms with Crippen LogP contribution in [0.1, 0.15) is 24.8 Å². The largest absolute Gasteiger partial charge is 0.488 e. The smallest absolute Gasteiger partial charge is 0.389 e. The highest BCUT2D eigenvalue weighted by molar-refractivity contribution is 5.37. The topological polar surface area (TPSA) is 21.3 Å². The van der Waals surface area contributed by atoms with E-state index in [1.54, 1.807) is 7.05 Å². The first-order valence-corrected chi connectivity index (χ1v) is 6.48. The lowest BCUT2D eigenvalue weighted by molar-refractivity contribution is -0.136. The summed E-state index contributed by atoms with van der Waals surface area (Å²) >= 11 is 0. The molecule has 1 aliphatic heterocycles. The summed E-state index contributed by atoms with van der Waals surface area (Å²) in [5, 5.41) is 3.07. The molecular formula is C14H18F3NO. The molecule has 0 spiro atoms. The van der Waals surface area contributed by atoms with Crippen LogP contribution in [-0.2, 0) is 6.42 Å². The van der Waals surface area contributed by atoms with Crippen LogP contribution in [0, 0.1) is 0 Å². The third-order valence-electron chi connectivity index (χ3n) is 3.47. The van der Waals surface area contributed by atoms with E-state index in [4.69, 9.17) is 4.74 Å². The highest BCUT2D eigenvalue weighted by atomic mass is 19.4. The van der Waals surface area contributed by atoms with E-state index in [0.717, 1.165) is 17.7 Å². The van der Waals surface area contributed by atoms with E-state index in [1.807, 2.05) is 24.3 Å². The summed E-state index contributed by atoms with van der Waals surface area (Å²) in [5.74, 6) is 0.851. The molecule has 5 heteroatoms. The Morgan fingerprint density at radius 3 is 2.74 bits per heavy atom. The molecule has 0 saturated carbocycles. The van der Waals surface area contributed by atoms with Gasteiger partial charge in [-0.2, -0.15) is 13.2 Å². The first-order valence-electron chi connectivity index (χ1n) is 6.48. The van der Waals surface area contributed by atoms with E-state index in [0.29, 0.717) is 6.42 Å². The Balaban J connectivity index is 1.87. The molecule has 19 heavy (non-hydrogen) atoms. The van der Waals surface area contributed by atoms with Crippen LogP contribution in [0.2, 0.25) is 0 Å². The van der Waals surface area contributed by atoms with Gasteiger partial charge < -0.3 is 10.1 Å². The maximum absolute atomic E-state index is 12.2. The average molecular weight is 273 g/mol. The second-order valence-corrected chi connectivity index (χ2v) is 4.87. The molecule has 1 heterocycles. The Labute approximate surface area is 111 Å². The van der Waals surface area contributed by atoms with Crippen molar-refractivity contribution in [2.75, 3.05) is 7.05 Å². The Morgan fingerprint density at radius 1 is 1.37 bits per heavy atom. The minimum absolute atomic E-state index is 0.0465. The van der Waals surface area contributed by atoms with Gasteiger partial charge in [-0.15, -0.1) is 0 Å². The molecule has 2 atom stereocenters. The summed E-state index contributed by atoms with van der Waals surface area (Å²) in [5.41, 5.74) is 1.13. The Bertz CT molecular complexity index is 394. The number of alkyl halides is 3. The van der Waals surface area contributed by atoms with Crippen molar-refractivity contribution in [2.45, 2.75) is 44.0 Å². The number of likely N-dealkylation sites (N-methyl/N-ethyl adjacent to an activating group) is 1. The van der Waals surface area contributed by atoms with Gasteiger partial charge in [-0.25, -0.2) is 0 Å². The van der Waals surface area contributed by atoms with Crippen LogP contribution in [0.4, 0.5) is 13.2 Å². The third-order valence-corrected chi connectivity index (χ3v) is 3.47. The summed E-state index contributed by atoms with van der Waals surface area (Å²) < 4.78 is 42.3. The molecule has 0 radical (unpaired) electrons. The van der Waals surface area contributed by atoms with Crippen LogP contribution < -0.4 is 10.1 Å². The number of benzene rings is 1. The van der Waals surface area contributed by atoms with Crippen LogP contribution in [-0.4, -0.2) is 25.4 Å². The monoisotopic (exact) mass is 273 g/mol. The maximum atomic E-state index is 12.2. The van der Waals surface area contributed by atoms with Gasteiger partial charge in [-0.05, 0) is 31.5 Å². The van der Waals surface area contributed by atoms with Crippen molar-refractivity contribution >= 4 is 0 Å². The summed E-state index contributed by atoms with van der Waals surface area (Å²) in [6.45, 7) is 0. The fourth-order valence-corrected chi connectivity index (χ4v) is 2.47. The van der Waals surface area contributed by atoms with Crippen molar-refractivity contribution in [1.82, 2.24) is 5.32 Å². The van der Waals surface area contributed by atoms with Gasteiger partial charge >= 0.3 is 6.18 Å². The molecular weight excluding hydrogens is 255 g/mol. The zero-order chi connectivity index (χ0) is 13.9. The number of fused-ring (bicyclic) bond motifs is 1. The van der Waals surface area contributed by atoms with Gasteiger partial charge in [0.1, 0.15) is 11.9 Å². The molecule has 1 aliphatic rings. The van der Waals surface area contributed by atoms with Gasteiger partial charge in [0.25, 0.3) is 0 Å². The number of nitrogens with one attached hydrogen (secondary N) is 1. The van der Waals surface area contributed by atoms with E-state index in [2.05, 4.69) is 5.32 Å². The number of halogens is 3. The molecule has 0 aromatic heterocycles. The van der Waals surface area contributed by atoms with Crippen LogP contribution >= 0.6 is 0 Å². The van der Waals surface area contributed by atoms with Gasteiger partial charge in [0, 0.05) is 18.9 Å². The average Bonchev–Trinajstić information content (AvgIpc) is 2.76. The molecule has 1 N–H and O–H groups in total. The van der Waals surface area contributed by atoms with Crippen LogP contribution in [0.25, 0.3) is 0 Å². The lowest BCUT2D eigenvalue weighted by atomic mass is 10.00. The lowest BCUT2D eigenvalue weighted by Gasteiger charge is -2.23. The predicted molar refractivity (Wildman–Crippen MR) is 67.3 cm³/mol. The number of hydrogen-bond donors (Lipinski definition) is 1. The van der Waals surface area contributed by atoms with Crippen LogP contribution in [0.5, 0.6) is 5.75 Å². The minimum Gasteiger partial charge on any atom is -0.488 e. The molecule has 1 aromatic carbocycles. The summed E-state index contributed by atoms with van der Waals surface area (Å²) in [6, 6.07) is 7.70. The normalized spacial score (nSPS) is 19.9. The van der Waals surface area contributed by atoms with Gasteiger partial charge in [-0.3, -0.25) is 0 Å². The number of para-hydroxylation sites is 1. The van der Waals surface area contributed by atoms with Gasteiger partial charge in [-0.1, -0.05) is 18.2 Å². The summed E-state index contributed by atoms with van der Waals surface area (Å²) in [4.78, 5) is 0.